The van der Waals surface area contributed by atoms with Crippen molar-refractivity contribution in [1.29, 1.82) is 0 Å². The summed E-state index contributed by atoms with van der Waals surface area (Å²) in [7, 11) is 2.12. The summed E-state index contributed by atoms with van der Waals surface area (Å²) in [5, 5.41) is 0. The molecule has 0 aliphatic carbocycles. The van der Waals surface area contributed by atoms with Crippen LogP contribution in [0.2, 0.25) is 0 Å². The Bertz CT molecular complexity index is 498. The molecule has 0 N–H and O–H groups in total. The van der Waals surface area contributed by atoms with Gasteiger partial charge in [-0.05, 0) is 50.1 Å². The molecule has 0 radical (unpaired) electrons. The largest absolute Gasteiger partial charge is 0.295 e. The van der Waals surface area contributed by atoms with Crippen molar-refractivity contribution in [1.82, 2.24) is 14.9 Å². The Balaban J connectivity index is 1.93. The minimum absolute atomic E-state index is 0.567. The first-order chi connectivity index (χ1) is 9.69. The van der Waals surface area contributed by atoms with Crippen molar-refractivity contribution in [2.45, 2.75) is 32.9 Å². The molecule has 0 saturated heterocycles. The zero-order valence-corrected chi connectivity index (χ0v) is 12.2. The molecule has 0 aromatic carbocycles. The van der Waals surface area contributed by atoms with E-state index < -0.39 is 0 Å². The van der Waals surface area contributed by atoms with Crippen molar-refractivity contribution in [3.8, 4) is 0 Å². The van der Waals surface area contributed by atoms with Crippen LogP contribution in [0.15, 0.2) is 36.4 Å². The lowest BCUT2D eigenvalue weighted by atomic mass is 9.98. The zero-order valence-electron chi connectivity index (χ0n) is 12.2. The summed E-state index contributed by atoms with van der Waals surface area (Å²) < 4.78 is 0. The van der Waals surface area contributed by atoms with Gasteiger partial charge in [0.2, 0.25) is 0 Å². The van der Waals surface area contributed by atoms with Crippen LogP contribution in [0.1, 0.15) is 29.7 Å². The fraction of sp³-hybridized carbons (Fsp3) is 0.412. The second kappa shape index (κ2) is 5.71. The Labute approximate surface area is 120 Å². The van der Waals surface area contributed by atoms with E-state index in [-0.39, 0.29) is 0 Å². The highest BCUT2D eigenvalue weighted by Crippen LogP contribution is 2.15. The van der Waals surface area contributed by atoms with Crippen LogP contribution in [0, 0.1) is 5.92 Å². The second-order valence-electron chi connectivity index (χ2n) is 5.93. The molecule has 3 rings (SSSR count). The zero-order chi connectivity index (χ0) is 13.9. The lowest BCUT2D eigenvalue weighted by molar-refractivity contribution is 0.310. The molecule has 4 bridgehead atoms. The van der Waals surface area contributed by atoms with E-state index in [1.807, 2.05) is 0 Å². The lowest BCUT2D eigenvalue weighted by Crippen LogP contribution is -2.20. The summed E-state index contributed by atoms with van der Waals surface area (Å²) in [5.74, 6) is 0.567. The van der Waals surface area contributed by atoms with Crippen molar-refractivity contribution in [3.63, 3.8) is 0 Å². The molecule has 20 heavy (non-hydrogen) atoms. The van der Waals surface area contributed by atoms with Crippen molar-refractivity contribution in [2.75, 3.05) is 7.05 Å². The smallest absolute Gasteiger partial charge is 0.0547 e. The quantitative estimate of drug-likeness (QED) is 0.735. The van der Waals surface area contributed by atoms with Gasteiger partial charge >= 0.3 is 0 Å². The standard InChI is InChI=1S/C17H21N3/c1-13-9-14-5-3-7-16(18-14)11-20(2)12-17-8-4-6-15(10-13)19-17/h3-8,13H,9-12H2,1-2H3. The van der Waals surface area contributed by atoms with Gasteiger partial charge in [-0.15, -0.1) is 0 Å². The van der Waals surface area contributed by atoms with E-state index in [0.717, 1.165) is 37.3 Å². The van der Waals surface area contributed by atoms with Gasteiger partial charge in [-0.1, -0.05) is 19.1 Å². The number of pyridine rings is 2. The predicted molar refractivity (Wildman–Crippen MR) is 80.2 cm³/mol. The van der Waals surface area contributed by atoms with Crippen molar-refractivity contribution in [2.24, 2.45) is 5.92 Å². The van der Waals surface area contributed by atoms with Crippen LogP contribution in [0.5, 0.6) is 0 Å². The minimum atomic E-state index is 0.567. The molecule has 0 atom stereocenters. The normalized spacial score (nSPS) is 17.3. The number of aromatic nitrogens is 2. The monoisotopic (exact) mass is 267 g/mol. The topological polar surface area (TPSA) is 29.0 Å². The Morgan fingerprint density at radius 3 is 1.80 bits per heavy atom. The first-order valence-corrected chi connectivity index (χ1v) is 7.27. The van der Waals surface area contributed by atoms with Crippen molar-refractivity contribution in [3.05, 3.63) is 59.2 Å². The van der Waals surface area contributed by atoms with Gasteiger partial charge in [0.05, 0.1) is 11.4 Å². The molecule has 0 unspecified atom stereocenters. The Kier molecular flexibility index (Phi) is 3.79. The van der Waals surface area contributed by atoms with Crippen LogP contribution in [-0.4, -0.2) is 21.9 Å². The van der Waals surface area contributed by atoms with Gasteiger partial charge in [0.25, 0.3) is 0 Å². The molecule has 3 heterocycles. The molecule has 3 nitrogen and oxygen atoms in total. The number of hydrogen-bond donors (Lipinski definition) is 0. The summed E-state index contributed by atoms with van der Waals surface area (Å²) in [6.45, 7) is 4.02. The van der Waals surface area contributed by atoms with E-state index in [1.54, 1.807) is 0 Å². The third kappa shape index (κ3) is 3.23. The maximum atomic E-state index is 4.78. The highest BCUT2D eigenvalue weighted by Gasteiger charge is 2.11. The number of nitrogens with zero attached hydrogens (tertiary/aromatic N) is 3. The molecule has 0 fully saturated rings. The summed E-state index contributed by atoms with van der Waals surface area (Å²) >= 11 is 0. The van der Waals surface area contributed by atoms with E-state index in [1.165, 1.54) is 11.4 Å². The van der Waals surface area contributed by atoms with Crippen LogP contribution < -0.4 is 0 Å². The Morgan fingerprint density at radius 2 is 1.30 bits per heavy atom. The number of rotatable bonds is 0. The van der Waals surface area contributed by atoms with E-state index >= 15 is 0 Å². The lowest BCUT2D eigenvalue weighted by Gasteiger charge is -2.19. The summed E-state index contributed by atoms with van der Waals surface area (Å²) in [6.07, 6.45) is 2.03. The first kappa shape index (κ1) is 13.3. The molecule has 0 saturated carbocycles. The van der Waals surface area contributed by atoms with Gasteiger partial charge in [-0.3, -0.25) is 14.9 Å². The number of hydrogen-bond acceptors (Lipinski definition) is 3. The number of fused-ring (bicyclic) bond motifs is 4. The van der Waals surface area contributed by atoms with Crippen LogP contribution >= 0.6 is 0 Å². The molecule has 3 heteroatoms. The highest BCUT2D eigenvalue weighted by molar-refractivity contribution is 5.15. The molecular formula is C17H21N3. The highest BCUT2D eigenvalue weighted by atomic mass is 15.1. The molecule has 1 aliphatic rings. The van der Waals surface area contributed by atoms with Crippen molar-refractivity contribution < 1.29 is 0 Å². The first-order valence-electron chi connectivity index (χ1n) is 7.27. The fourth-order valence-electron chi connectivity index (χ4n) is 2.86. The summed E-state index contributed by atoms with van der Waals surface area (Å²) in [5.41, 5.74) is 4.68. The average Bonchev–Trinajstić information content (AvgIpc) is 2.38. The minimum Gasteiger partial charge on any atom is -0.295 e. The SMILES string of the molecule is CC1Cc2cccc(n2)CN(C)Cc2cccc(n2)C1. The van der Waals surface area contributed by atoms with E-state index in [0.29, 0.717) is 5.92 Å². The summed E-state index contributed by atoms with van der Waals surface area (Å²) in [6, 6.07) is 12.7. The molecule has 0 amide bonds. The second-order valence-corrected chi connectivity index (χ2v) is 5.93. The average molecular weight is 267 g/mol. The molecule has 2 aromatic heterocycles. The molecule has 2 aromatic rings. The van der Waals surface area contributed by atoms with Gasteiger partial charge < -0.3 is 0 Å². The van der Waals surface area contributed by atoms with Gasteiger partial charge in [0.15, 0.2) is 0 Å². The maximum absolute atomic E-state index is 4.78. The van der Waals surface area contributed by atoms with Crippen LogP contribution in [0.4, 0.5) is 0 Å². The third-order valence-electron chi connectivity index (χ3n) is 3.71. The fourth-order valence-corrected chi connectivity index (χ4v) is 2.86. The van der Waals surface area contributed by atoms with Crippen LogP contribution in [-0.2, 0) is 25.9 Å². The van der Waals surface area contributed by atoms with E-state index in [2.05, 4.69) is 55.3 Å². The molecule has 104 valence electrons. The predicted octanol–water partition coefficient (Wildman–Crippen LogP) is 2.84. The van der Waals surface area contributed by atoms with Gasteiger partial charge in [0.1, 0.15) is 0 Å². The van der Waals surface area contributed by atoms with Crippen LogP contribution in [0.3, 0.4) is 0 Å². The van der Waals surface area contributed by atoms with E-state index in [9.17, 15) is 0 Å². The molecule has 1 aliphatic heterocycles. The maximum Gasteiger partial charge on any atom is 0.0547 e. The van der Waals surface area contributed by atoms with Crippen LogP contribution in [0.25, 0.3) is 0 Å². The van der Waals surface area contributed by atoms with Crippen molar-refractivity contribution >= 4 is 0 Å². The summed E-state index contributed by atoms with van der Waals surface area (Å²) in [4.78, 5) is 11.8. The van der Waals surface area contributed by atoms with Gasteiger partial charge in [0, 0.05) is 24.5 Å². The molecular weight excluding hydrogens is 246 g/mol. The Morgan fingerprint density at radius 1 is 0.850 bits per heavy atom. The van der Waals surface area contributed by atoms with E-state index in [4.69, 9.17) is 9.97 Å². The Hall–Kier alpha value is -1.74. The van der Waals surface area contributed by atoms with Gasteiger partial charge in [-0.2, -0.15) is 0 Å². The third-order valence-corrected chi connectivity index (χ3v) is 3.71. The van der Waals surface area contributed by atoms with Gasteiger partial charge in [-0.25, -0.2) is 0 Å². The molecule has 0 spiro atoms.